The van der Waals surface area contributed by atoms with Crippen LogP contribution in [-0.4, -0.2) is 36.7 Å². The molecule has 17 heavy (non-hydrogen) atoms. The molecule has 1 atom stereocenters. The van der Waals surface area contributed by atoms with Crippen LogP contribution >= 0.6 is 0 Å². The summed E-state index contributed by atoms with van der Waals surface area (Å²) in [4.78, 5) is 17.6. The van der Waals surface area contributed by atoms with E-state index in [1.54, 1.807) is 6.07 Å². The number of hydrogen-bond acceptors (Lipinski definition) is 5. The Morgan fingerprint density at radius 2 is 2.41 bits per heavy atom. The minimum Gasteiger partial charge on any atom is -0.397 e. The van der Waals surface area contributed by atoms with Crippen molar-refractivity contribution in [1.29, 1.82) is 0 Å². The minimum atomic E-state index is -0.515. The second-order valence-electron chi connectivity index (χ2n) is 4.13. The van der Waals surface area contributed by atoms with Crippen LogP contribution in [0.15, 0.2) is 12.3 Å². The number of rotatable bonds is 2. The molecule has 6 heteroatoms. The lowest BCUT2D eigenvalue weighted by atomic mass is 10.2. The highest BCUT2D eigenvalue weighted by Crippen LogP contribution is 2.21. The Kier molecular flexibility index (Phi) is 3.14. The molecule has 0 aliphatic carbocycles. The summed E-state index contributed by atoms with van der Waals surface area (Å²) in [6.45, 7) is 3.98. The van der Waals surface area contributed by atoms with E-state index in [0.717, 1.165) is 0 Å². The summed E-state index contributed by atoms with van der Waals surface area (Å²) in [6.07, 6.45) is 1.64. The first-order valence-electron chi connectivity index (χ1n) is 5.50. The molecule has 4 N–H and O–H groups in total. The average molecular weight is 236 g/mol. The van der Waals surface area contributed by atoms with E-state index < -0.39 is 5.91 Å². The topological polar surface area (TPSA) is 94.5 Å². The van der Waals surface area contributed by atoms with Gasteiger partial charge in [-0.1, -0.05) is 0 Å². The smallest absolute Gasteiger partial charge is 0.252 e. The molecule has 1 fully saturated rings. The first-order chi connectivity index (χ1) is 8.08. The van der Waals surface area contributed by atoms with E-state index in [1.807, 2.05) is 11.8 Å². The van der Waals surface area contributed by atoms with Crippen molar-refractivity contribution in [2.24, 2.45) is 5.73 Å². The number of hydrogen-bond donors (Lipinski definition) is 2. The molecule has 1 saturated heterocycles. The van der Waals surface area contributed by atoms with E-state index in [1.165, 1.54) is 6.20 Å². The highest BCUT2D eigenvalue weighted by Gasteiger charge is 2.22. The quantitative estimate of drug-likeness (QED) is 0.753. The van der Waals surface area contributed by atoms with Crippen molar-refractivity contribution in [2.45, 2.75) is 13.0 Å². The largest absolute Gasteiger partial charge is 0.397 e. The summed E-state index contributed by atoms with van der Waals surface area (Å²) in [5, 5.41) is 0. The average Bonchev–Trinajstić information content (AvgIpc) is 2.28. The van der Waals surface area contributed by atoms with Gasteiger partial charge in [-0.25, -0.2) is 4.98 Å². The molecule has 1 aliphatic rings. The Bertz CT molecular complexity index is 435. The normalized spacial score (nSPS) is 20.3. The molecule has 2 heterocycles. The molecular formula is C11H16N4O2. The Balaban J connectivity index is 2.33. The first-order valence-corrected chi connectivity index (χ1v) is 5.50. The van der Waals surface area contributed by atoms with Gasteiger partial charge in [0, 0.05) is 13.1 Å². The SMILES string of the molecule is CC1CN(c2ncc(N)cc2C(N)=O)CCO1. The van der Waals surface area contributed by atoms with Crippen LogP contribution in [0.3, 0.4) is 0 Å². The number of nitrogen functional groups attached to an aromatic ring is 1. The number of primary amides is 1. The second-order valence-corrected chi connectivity index (χ2v) is 4.13. The zero-order valence-corrected chi connectivity index (χ0v) is 9.72. The third kappa shape index (κ3) is 2.47. The van der Waals surface area contributed by atoms with Crippen LogP contribution in [0, 0.1) is 0 Å². The molecule has 0 radical (unpaired) electrons. The Morgan fingerprint density at radius 3 is 3.06 bits per heavy atom. The van der Waals surface area contributed by atoms with Gasteiger partial charge in [-0.2, -0.15) is 0 Å². The van der Waals surface area contributed by atoms with Crippen molar-refractivity contribution in [2.75, 3.05) is 30.3 Å². The number of ether oxygens (including phenoxy) is 1. The van der Waals surface area contributed by atoms with E-state index in [4.69, 9.17) is 16.2 Å². The number of carbonyl (C=O) groups excluding carboxylic acids is 1. The molecule has 6 nitrogen and oxygen atoms in total. The Labute approximate surface area is 99.5 Å². The molecule has 0 bridgehead atoms. The summed E-state index contributed by atoms with van der Waals surface area (Å²) in [5.74, 6) is 0.0702. The fourth-order valence-corrected chi connectivity index (χ4v) is 1.92. The minimum absolute atomic E-state index is 0.115. The molecule has 1 aromatic heterocycles. The molecule has 1 aliphatic heterocycles. The van der Waals surface area contributed by atoms with Gasteiger partial charge in [0.15, 0.2) is 0 Å². The van der Waals surface area contributed by atoms with E-state index in [0.29, 0.717) is 36.8 Å². The van der Waals surface area contributed by atoms with E-state index in [-0.39, 0.29) is 6.10 Å². The van der Waals surface area contributed by atoms with Crippen LogP contribution in [0.1, 0.15) is 17.3 Å². The lowest BCUT2D eigenvalue weighted by Gasteiger charge is -2.32. The molecule has 92 valence electrons. The molecule has 1 aromatic rings. The van der Waals surface area contributed by atoms with Crippen LogP contribution < -0.4 is 16.4 Å². The van der Waals surface area contributed by atoms with Gasteiger partial charge >= 0.3 is 0 Å². The number of amides is 1. The zero-order chi connectivity index (χ0) is 12.4. The molecule has 1 amide bonds. The van der Waals surface area contributed by atoms with E-state index in [2.05, 4.69) is 4.98 Å². The van der Waals surface area contributed by atoms with Crippen LogP contribution in [0.2, 0.25) is 0 Å². The number of aromatic nitrogens is 1. The number of carbonyl (C=O) groups is 1. The first kappa shape index (κ1) is 11.7. The van der Waals surface area contributed by atoms with Crippen molar-refractivity contribution in [3.8, 4) is 0 Å². The summed E-state index contributed by atoms with van der Waals surface area (Å²) >= 11 is 0. The lowest BCUT2D eigenvalue weighted by molar-refractivity contribution is 0.0528. The number of pyridine rings is 1. The van der Waals surface area contributed by atoms with Crippen molar-refractivity contribution < 1.29 is 9.53 Å². The van der Waals surface area contributed by atoms with Crippen molar-refractivity contribution in [1.82, 2.24) is 4.98 Å². The van der Waals surface area contributed by atoms with Crippen LogP contribution in [-0.2, 0) is 4.74 Å². The summed E-state index contributed by atoms with van der Waals surface area (Å²) in [5.41, 5.74) is 11.7. The molecule has 0 saturated carbocycles. The highest BCUT2D eigenvalue weighted by atomic mass is 16.5. The van der Waals surface area contributed by atoms with Crippen molar-refractivity contribution in [3.63, 3.8) is 0 Å². The number of nitrogens with two attached hydrogens (primary N) is 2. The summed E-state index contributed by atoms with van der Waals surface area (Å²) in [6, 6.07) is 1.56. The third-order valence-corrected chi connectivity index (χ3v) is 2.69. The number of morpholine rings is 1. The predicted molar refractivity (Wildman–Crippen MR) is 64.8 cm³/mol. The van der Waals surface area contributed by atoms with Crippen molar-refractivity contribution in [3.05, 3.63) is 17.8 Å². The number of anilines is 2. The van der Waals surface area contributed by atoms with Gasteiger partial charge in [-0.3, -0.25) is 4.79 Å². The van der Waals surface area contributed by atoms with E-state index >= 15 is 0 Å². The van der Waals surface area contributed by atoms with Gasteiger partial charge in [0.25, 0.3) is 5.91 Å². The fourth-order valence-electron chi connectivity index (χ4n) is 1.92. The van der Waals surface area contributed by atoms with Gasteiger partial charge in [0.05, 0.1) is 30.2 Å². The molecule has 2 rings (SSSR count). The Morgan fingerprint density at radius 1 is 1.65 bits per heavy atom. The third-order valence-electron chi connectivity index (χ3n) is 2.69. The summed E-state index contributed by atoms with van der Waals surface area (Å²) < 4.78 is 5.44. The van der Waals surface area contributed by atoms with Crippen molar-refractivity contribution >= 4 is 17.4 Å². The van der Waals surface area contributed by atoms with Gasteiger partial charge in [-0.05, 0) is 13.0 Å². The molecule has 1 unspecified atom stereocenters. The molecule has 0 aromatic carbocycles. The Hall–Kier alpha value is -1.82. The van der Waals surface area contributed by atoms with Gasteiger partial charge in [0.1, 0.15) is 5.82 Å². The molecular weight excluding hydrogens is 220 g/mol. The highest BCUT2D eigenvalue weighted by molar-refractivity contribution is 5.98. The van der Waals surface area contributed by atoms with Crippen LogP contribution in [0.5, 0.6) is 0 Å². The van der Waals surface area contributed by atoms with Crippen LogP contribution in [0.4, 0.5) is 11.5 Å². The maximum atomic E-state index is 11.4. The maximum Gasteiger partial charge on any atom is 0.252 e. The maximum absolute atomic E-state index is 11.4. The number of nitrogens with zero attached hydrogens (tertiary/aromatic N) is 2. The van der Waals surface area contributed by atoms with Crippen LogP contribution in [0.25, 0.3) is 0 Å². The van der Waals surface area contributed by atoms with Gasteiger partial charge in [0.2, 0.25) is 0 Å². The predicted octanol–water partition coefficient (Wildman–Crippen LogP) is -0.0122. The monoisotopic (exact) mass is 236 g/mol. The van der Waals surface area contributed by atoms with E-state index in [9.17, 15) is 4.79 Å². The molecule has 0 spiro atoms. The fraction of sp³-hybridized carbons (Fsp3) is 0.455. The van der Waals surface area contributed by atoms with Gasteiger partial charge < -0.3 is 21.1 Å². The summed E-state index contributed by atoms with van der Waals surface area (Å²) in [7, 11) is 0. The standard InChI is InChI=1S/C11H16N4O2/c1-7-6-15(2-3-17-7)11-9(10(13)16)4-8(12)5-14-11/h4-5,7H,2-3,6,12H2,1H3,(H2,13,16). The zero-order valence-electron chi connectivity index (χ0n) is 9.72. The van der Waals surface area contributed by atoms with Gasteiger partial charge in [-0.15, -0.1) is 0 Å². The lowest BCUT2D eigenvalue weighted by Crippen LogP contribution is -2.42. The second kappa shape index (κ2) is 4.58.